The highest BCUT2D eigenvalue weighted by atomic mass is 19.1. The Morgan fingerprint density at radius 2 is 2.06 bits per heavy atom. The van der Waals surface area contributed by atoms with Crippen molar-refractivity contribution < 1.29 is 14.2 Å². The van der Waals surface area contributed by atoms with Crippen LogP contribution in [0, 0.1) is 5.82 Å². The summed E-state index contributed by atoms with van der Waals surface area (Å²) < 4.78 is 18.7. The topological polar surface area (TPSA) is 29.5 Å². The number of ether oxygens (including phenoxy) is 1. The Kier molecular flexibility index (Phi) is 5.86. The molecule has 0 atom stereocenters. The lowest BCUT2D eigenvalue weighted by atomic mass is 10.2. The molecule has 0 aromatic heterocycles. The van der Waals surface area contributed by atoms with E-state index in [2.05, 4.69) is 6.92 Å². The average molecular weight is 226 g/mol. The fourth-order valence-corrected chi connectivity index (χ4v) is 1.54. The maximum Gasteiger partial charge on any atom is 0.165 e. The SMILES string of the molecule is CCCCCCOc1c(F)cccc1CO. The molecule has 1 aromatic carbocycles. The summed E-state index contributed by atoms with van der Waals surface area (Å²) in [5, 5.41) is 9.04. The van der Waals surface area contributed by atoms with Crippen molar-refractivity contribution in [2.24, 2.45) is 0 Å². The molecule has 1 rings (SSSR count). The summed E-state index contributed by atoms with van der Waals surface area (Å²) in [6.07, 6.45) is 4.36. The molecular formula is C13H19FO2. The summed E-state index contributed by atoms with van der Waals surface area (Å²) >= 11 is 0. The number of aliphatic hydroxyl groups excluding tert-OH is 1. The number of hydrogen-bond donors (Lipinski definition) is 1. The summed E-state index contributed by atoms with van der Waals surface area (Å²) in [5.74, 6) is -0.205. The highest BCUT2D eigenvalue weighted by Crippen LogP contribution is 2.22. The third-order valence-electron chi connectivity index (χ3n) is 2.46. The van der Waals surface area contributed by atoms with Crippen LogP contribution >= 0.6 is 0 Å². The van der Waals surface area contributed by atoms with Crippen LogP contribution in [0.4, 0.5) is 4.39 Å². The zero-order chi connectivity index (χ0) is 11.8. The summed E-state index contributed by atoms with van der Waals surface area (Å²) in [6.45, 7) is 2.46. The predicted molar refractivity (Wildman–Crippen MR) is 62.0 cm³/mol. The molecule has 1 aromatic rings. The average Bonchev–Trinajstić information content (AvgIpc) is 2.30. The van der Waals surface area contributed by atoms with E-state index in [-0.39, 0.29) is 12.4 Å². The van der Waals surface area contributed by atoms with Gasteiger partial charge in [0.25, 0.3) is 0 Å². The Bertz CT molecular complexity index is 313. The van der Waals surface area contributed by atoms with Crippen LogP contribution in [0.15, 0.2) is 18.2 Å². The second-order valence-electron chi connectivity index (χ2n) is 3.80. The van der Waals surface area contributed by atoms with Gasteiger partial charge in [0.2, 0.25) is 0 Å². The Morgan fingerprint density at radius 1 is 1.25 bits per heavy atom. The first-order valence-corrected chi connectivity index (χ1v) is 5.80. The minimum atomic E-state index is -0.401. The van der Waals surface area contributed by atoms with E-state index in [9.17, 15) is 4.39 Å². The Morgan fingerprint density at radius 3 is 2.75 bits per heavy atom. The summed E-state index contributed by atoms with van der Waals surface area (Å²) in [6, 6.07) is 4.59. The summed E-state index contributed by atoms with van der Waals surface area (Å²) in [4.78, 5) is 0. The third-order valence-corrected chi connectivity index (χ3v) is 2.46. The van der Waals surface area contributed by atoms with Gasteiger partial charge in [-0.25, -0.2) is 4.39 Å². The zero-order valence-electron chi connectivity index (χ0n) is 9.71. The molecule has 0 aliphatic heterocycles. The lowest BCUT2D eigenvalue weighted by Crippen LogP contribution is -2.02. The smallest absolute Gasteiger partial charge is 0.165 e. The van der Waals surface area contributed by atoms with Crippen LogP contribution in [-0.2, 0) is 6.61 Å². The molecule has 2 nitrogen and oxygen atoms in total. The fraction of sp³-hybridized carbons (Fsp3) is 0.538. The van der Waals surface area contributed by atoms with E-state index in [1.54, 1.807) is 12.1 Å². The molecule has 3 heteroatoms. The number of halogens is 1. The van der Waals surface area contributed by atoms with Gasteiger partial charge in [-0.15, -0.1) is 0 Å². The molecule has 0 amide bonds. The minimum absolute atomic E-state index is 0.192. The second kappa shape index (κ2) is 7.23. The molecule has 0 saturated carbocycles. The van der Waals surface area contributed by atoms with Crippen LogP contribution in [0.5, 0.6) is 5.75 Å². The number of unbranched alkanes of at least 4 members (excludes halogenated alkanes) is 3. The van der Waals surface area contributed by atoms with Crippen LogP contribution < -0.4 is 4.74 Å². The lowest BCUT2D eigenvalue weighted by Gasteiger charge is -2.10. The molecule has 0 saturated heterocycles. The Balaban J connectivity index is 2.46. The number of hydrogen-bond acceptors (Lipinski definition) is 2. The van der Waals surface area contributed by atoms with Gasteiger partial charge in [-0.1, -0.05) is 38.3 Å². The number of rotatable bonds is 7. The maximum atomic E-state index is 13.4. The predicted octanol–water partition coefficient (Wildman–Crippen LogP) is 3.28. The largest absolute Gasteiger partial charge is 0.490 e. The van der Waals surface area contributed by atoms with E-state index in [1.807, 2.05) is 0 Å². The highest BCUT2D eigenvalue weighted by Gasteiger charge is 2.08. The van der Waals surface area contributed by atoms with Gasteiger partial charge in [0, 0.05) is 5.56 Å². The molecule has 0 fully saturated rings. The third kappa shape index (κ3) is 3.81. The molecule has 0 spiro atoms. The molecule has 0 bridgehead atoms. The van der Waals surface area contributed by atoms with Gasteiger partial charge in [0.05, 0.1) is 13.2 Å². The van der Waals surface area contributed by atoms with Crippen molar-refractivity contribution in [2.75, 3.05) is 6.61 Å². The van der Waals surface area contributed by atoms with Crippen LogP contribution in [-0.4, -0.2) is 11.7 Å². The summed E-state index contributed by atoms with van der Waals surface area (Å²) in [5.41, 5.74) is 0.510. The number of para-hydroxylation sites is 1. The van der Waals surface area contributed by atoms with Gasteiger partial charge in [0.15, 0.2) is 11.6 Å². The Labute approximate surface area is 96.1 Å². The lowest BCUT2D eigenvalue weighted by molar-refractivity contribution is 0.253. The second-order valence-corrected chi connectivity index (χ2v) is 3.80. The van der Waals surface area contributed by atoms with Gasteiger partial charge in [-0.05, 0) is 12.5 Å². The first kappa shape index (κ1) is 13.0. The molecule has 0 aliphatic rings. The molecular weight excluding hydrogens is 207 g/mol. The van der Waals surface area contributed by atoms with E-state index in [4.69, 9.17) is 9.84 Å². The van der Waals surface area contributed by atoms with E-state index in [0.717, 1.165) is 12.8 Å². The van der Waals surface area contributed by atoms with Crippen molar-refractivity contribution in [1.29, 1.82) is 0 Å². The fourth-order valence-electron chi connectivity index (χ4n) is 1.54. The molecule has 0 radical (unpaired) electrons. The molecule has 1 N–H and O–H groups in total. The highest BCUT2D eigenvalue weighted by molar-refractivity contribution is 5.34. The minimum Gasteiger partial charge on any atom is -0.490 e. The molecule has 90 valence electrons. The maximum absolute atomic E-state index is 13.4. The molecule has 0 aliphatic carbocycles. The van der Waals surface area contributed by atoms with Crippen molar-refractivity contribution in [3.63, 3.8) is 0 Å². The van der Waals surface area contributed by atoms with Crippen LogP contribution in [0.2, 0.25) is 0 Å². The monoisotopic (exact) mass is 226 g/mol. The quantitative estimate of drug-likeness (QED) is 0.723. The van der Waals surface area contributed by atoms with Crippen molar-refractivity contribution in [3.05, 3.63) is 29.6 Å². The van der Waals surface area contributed by atoms with Gasteiger partial charge in [0.1, 0.15) is 0 Å². The van der Waals surface area contributed by atoms with Gasteiger partial charge < -0.3 is 9.84 Å². The number of aliphatic hydroxyl groups is 1. The normalized spacial score (nSPS) is 10.4. The van der Waals surface area contributed by atoms with Crippen molar-refractivity contribution in [3.8, 4) is 5.75 Å². The van der Waals surface area contributed by atoms with E-state index < -0.39 is 5.82 Å². The zero-order valence-corrected chi connectivity index (χ0v) is 9.71. The summed E-state index contributed by atoms with van der Waals surface area (Å²) in [7, 11) is 0. The molecule has 0 heterocycles. The van der Waals surface area contributed by atoms with E-state index in [1.165, 1.54) is 18.9 Å². The number of benzene rings is 1. The van der Waals surface area contributed by atoms with E-state index in [0.29, 0.717) is 12.2 Å². The first-order valence-electron chi connectivity index (χ1n) is 5.80. The van der Waals surface area contributed by atoms with Crippen LogP contribution in [0.3, 0.4) is 0 Å². The van der Waals surface area contributed by atoms with Gasteiger partial charge in [-0.2, -0.15) is 0 Å². The van der Waals surface area contributed by atoms with E-state index >= 15 is 0 Å². The van der Waals surface area contributed by atoms with Gasteiger partial charge in [-0.3, -0.25) is 0 Å². The van der Waals surface area contributed by atoms with Crippen LogP contribution in [0.1, 0.15) is 38.2 Å². The van der Waals surface area contributed by atoms with Gasteiger partial charge >= 0.3 is 0 Å². The van der Waals surface area contributed by atoms with Crippen molar-refractivity contribution >= 4 is 0 Å². The molecule has 0 unspecified atom stereocenters. The standard InChI is InChI=1S/C13H19FO2/c1-2-3-4-5-9-16-13-11(10-15)7-6-8-12(13)14/h6-8,15H,2-5,9-10H2,1H3. The van der Waals surface area contributed by atoms with Crippen LogP contribution in [0.25, 0.3) is 0 Å². The van der Waals surface area contributed by atoms with Crippen molar-refractivity contribution in [2.45, 2.75) is 39.2 Å². The first-order chi connectivity index (χ1) is 7.79. The van der Waals surface area contributed by atoms with Crippen molar-refractivity contribution in [1.82, 2.24) is 0 Å². The molecule has 16 heavy (non-hydrogen) atoms. The Hall–Kier alpha value is -1.09.